The highest BCUT2D eigenvalue weighted by Crippen LogP contribution is 1.88. The van der Waals surface area contributed by atoms with Crippen LogP contribution in [0.15, 0.2) is 12.7 Å². The fourth-order valence-corrected chi connectivity index (χ4v) is 0.859. The minimum atomic E-state index is 0.420. The first-order valence-corrected chi connectivity index (χ1v) is 3.22. The van der Waals surface area contributed by atoms with Crippen molar-refractivity contribution in [2.45, 2.75) is 12.6 Å². The lowest BCUT2D eigenvalue weighted by Crippen LogP contribution is -2.55. The van der Waals surface area contributed by atoms with Crippen molar-refractivity contribution in [2.75, 3.05) is 13.3 Å². The highest BCUT2D eigenvalue weighted by Gasteiger charge is 2.06. The van der Waals surface area contributed by atoms with Gasteiger partial charge in [-0.2, -0.15) is 0 Å². The summed E-state index contributed by atoms with van der Waals surface area (Å²) in [5, 5.41) is 9.57. The maximum atomic E-state index is 3.65. The molecule has 3 heteroatoms. The molecule has 9 heavy (non-hydrogen) atoms. The SMILES string of the molecule is C=CCC1NCNCN1. The Balaban J connectivity index is 2.15. The van der Waals surface area contributed by atoms with E-state index in [-0.39, 0.29) is 0 Å². The lowest BCUT2D eigenvalue weighted by atomic mass is 10.3. The van der Waals surface area contributed by atoms with Crippen molar-refractivity contribution in [1.29, 1.82) is 0 Å². The van der Waals surface area contributed by atoms with Crippen molar-refractivity contribution >= 4 is 0 Å². The first-order valence-electron chi connectivity index (χ1n) is 3.22. The Labute approximate surface area is 55.5 Å². The zero-order valence-corrected chi connectivity index (χ0v) is 5.48. The van der Waals surface area contributed by atoms with Crippen LogP contribution in [0.1, 0.15) is 6.42 Å². The van der Waals surface area contributed by atoms with Crippen LogP contribution >= 0.6 is 0 Å². The molecule has 3 N–H and O–H groups in total. The van der Waals surface area contributed by atoms with E-state index in [2.05, 4.69) is 22.5 Å². The molecule has 52 valence electrons. The first-order chi connectivity index (χ1) is 4.43. The van der Waals surface area contributed by atoms with Gasteiger partial charge < -0.3 is 0 Å². The minimum Gasteiger partial charge on any atom is -0.292 e. The molecule has 1 rings (SSSR count). The van der Waals surface area contributed by atoms with Crippen LogP contribution in [-0.4, -0.2) is 19.5 Å². The predicted octanol–water partition coefficient (Wildman–Crippen LogP) is -0.414. The Morgan fingerprint density at radius 1 is 1.44 bits per heavy atom. The van der Waals surface area contributed by atoms with Crippen LogP contribution in [0.3, 0.4) is 0 Å². The highest BCUT2D eigenvalue weighted by atomic mass is 15.3. The van der Waals surface area contributed by atoms with E-state index in [1.807, 2.05) is 6.08 Å². The van der Waals surface area contributed by atoms with Crippen molar-refractivity contribution in [3.63, 3.8) is 0 Å². The summed E-state index contributed by atoms with van der Waals surface area (Å²) in [7, 11) is 0. The molecule has 0 amide bonds. The van der Waals surface area contributed by atoms with Crippen LogP contribution in [-0.2, 0) is 0 Å². The van der Waals surface area contributed by atoms with E-state index in [0.29, 0.717) is 6.17 Å². The van der Waals surface area contributed by atoms with E-state index < -0.39 is 0 Å². The van der Waals surface area contributed by atoms with E-state index in [1.54, 1.807) is 0 Å². The van der Waals surface area contributed by atoms with Crippen LogP contribution < -0.4 is 16.0 Å². The molecule has 0 aromatic carbocycles. The fraction of sp³-hybridized carbons (Fsp3) is 0.667. The van der Waals surface area contributed by atoms with Crippen LogP contribution in [0.5, 0.6) is 0 Å². The maximum Gasteiger partial charge on any atom is 0.0626 e. The molecule has 1 aliphatic heterocycles. The quantitative estimate of drug-likeness (QED) is 0.441. The summed E-state index contributed by atoms with van der Waals surface area (Å²) in [4.78, 5) is 0. The van der Waals surface area contributed by atoms with Gasteiger partial charge >= 0.3 is 0 Å². The van der Waals surface area contributed by atoms with E-state index >= 15 is 0 Å². The molecule has 0 radical (unpaired) electrons. The van der Waals surface area contributed by atoms with E-state index in [1.165, 1.54) is 0 Å². The van der Waals surface area contributed by atoms with Gasteiger partial charge in [-0.25, -0.2) is 0 Å². The van der Waals surface area contributed by atoms with Gasteiger partial charge in [0, 0.05) is 13.3 Å². The largest absolute Gasteiger partial charge is 0.292 e. The Hall–Kier alpha value is -0.380. The van der Waals surface area contributed by atoms with Gasteiger partial charge in [0.2, 0.25) is 0 Å². The second-order valence-corrected chi connectivity index (χ2v) is 2.09. The Bertz CT molecular complexity index is 86.3. The second kappa shape index (κ2) is 3.61. The minimum absolute atomic E-state index is 0.420. The lowest BCUT2D eigenvalue weighted by molar-refractivity contribution is 0.338. The Kier molecular flexibility index (Phi) is 2.70. The van der Waals surface area contributed by atoms with Gasteiger partial charge in [-0.05, 0) is 6.42 Å². The van der Waals surface area contributed by atoms with Crippen LogP contribution in [0, 0.1) is 0 Å². The normalized spacial score (nSPS) is 21.8. The Morgan fingerprint density at radius 2 is 2.11 bits per heavy atom. The molecule has 0 saturated carbocycles. The summed E-state index contributed by atoms with van der Waals surface area (Å²) in [6.07, 6.45) is 3.32. The molecule has 0 aliphatic carbocycles. The van der Waals surface area contributed by atoms with Crippen molar-refractivity contribution in [3.05, 3.63) is 12.7 Å². The molecule has 0 spiro atoms. The van der Waals surface area contributed by atoms with Gasteiger partial charge in [-0.15, -0.1) is 6.58 Å². The summed E-state index contributed by atoms with van der Waals surface area (Å²) in [6.45, 7) is 5.44. The van der Waals surface area contributed by atoms with Crippen LogP contribution in [0.25, 0.3) is 0 Å². The number of hydrogen-bond donors (Lipinski definition) is 3. The molecule has 0 aromatic rings. The number of hydrogen-bond acceptors (Lipinski definition) is 3. The monoisotopic (exact) mass is 127 g/mol. The second-order valence-electron chi connectivity index (χ2n) is 2.09. The van der Waals surface area contributed by atoms with E-state index in [4.69, 9.17) is 0 Å². The third kappa shape index (κ3) is 2.13. The zero-order chi connectivity index (χ0) is 6.53. The predicted molar refractivity (Wildman–Crippen MR) is 37.7 cm³/mol. The topological polar surface area (TPSA) is 36.1 Å². The summed E-state index contributed by atoms with van der Waals surface area (Å²) >= 11 is 0. The summed E-state index contributed by atoms with van der Waals surface area (Å²) in [6, 6.07) is 0. The highest BCUT2D eigenvalue weighted by molar-refractivity contribution is 4.77. The molecule has 1 fully saturated rings. The van der Waals surface area contributed by atoms with Gasteiger partial charge in [-0.1, -0.05) is 6.08 Å². The maximum absolute atomic E-state index is 3.65. The molecule has 0 aromatic heterocycles. The summed E-state index contributed by atoms with van der Waals surface area (Å²) < 4.78 is 0. The average Bonchev–Trinajstić information content (AvgIpc) is 1.91. The smallest absolute Gasteiger partial charge is 0.0626 e. The molecule has 1 saturated heterocycles. The third-order valence-electron chi connectivity index (χ3n) is 1.35. The summed E-state index contributed by atoms with van der Waals surface area (Å²) in [5.74, 6) is 0. The molecular formula is C6H13N3. The van der Waals surface area contributed by atoms with Gasteiger partial charge in [0.1, 0.15) is 0 Å². The van der Waals surface area contributed by atoms with Crippen LogP contribution in [0.4, 0.5) is 0 Å². The van der Waals surface area contributed by atoms with E-state index in [9.17, 15) is 0 Å². The number of rotatable bonds is 2. The summed E-state index contributed by atoms with van der Waals surface area (Å²) in [5.41, 5.74) is 0. The molecule has 1 heterocycles. The standard InChI is InChI=1S/C6H13N3/c1-2-3-6-8-4-7-5-9-6/h2,6-9H,1,3-5H2. The third-order valence-corrected chi connectivity index (χ3v) is 1.35. The number of nitrogens with one attached hydrogen (secondary N) is 3. The van der Waals surface area contributed by atoms with Crippen molar-refractivity contribution in [2.24, 2.45) is 0 Å². The molecule has 1 aliphatic rings. The van der Waals surface area contributed by atoms with Crippen LogP contribution in [0.2, 0.25) is 0 Å². The first kappa shape index (κ1) is 6.74. The molecule has 0 bridgehead atoms. The van der Waals surface area contributed by atoms with Crippen molar-refractivity contribution in [3.8, 4) is 0 Å². The van der Waals surface area contributed by atoms with E-state index in [0.717, 1.165) is 19.8 Å². The van der Waals surface area contributed by atoms with Gasteiger partial charge in [-0.3, -0.25) is 16.0 Å². The molecule has 0 atom stereocenters. The Morgan fingerprint density at radius 3 is 2.67 bits per heavy atom. The molecular weight excluding hydrogens is 114 g/mol. The van der Waals surface area contributed by atoms with Gasteiger partial charge in [0.15, 0.2) is 0 Å². The molecule has 3 nitrogen and oxygen atoms in total. The van der Waals surface area contributed by atoms with Gasteiger partial charge in [0.05, 0.1) is 6.17 Å². The van der Waals surface area contributed by atoms with Crippen molar-refractivity contribution in [1.82, 2.24) is 16.0 Å². The molecule has 0 unspecified atom stereocenters. The van der Waals surface area contributed by atoms with Gasteiger partial charge in [0.25, 0.3) is 0 Å². The fourth-order valence-electron chi connectivity index (χ4n) is 0.859. The van der Waals surface area contributed by atoms with Crippen molar-refractivity contribution < 1.29 is 0 Å². The zero-order valence-electron chi connectivity index (χ0n) is 5.48. The lowest BCUT2D eigenvalue weighted by Gasteiger charge is -2.24. The average molecular weight is 127 g/mol.